The van der Waals surface area contributed by atoms with Crippen LogP contribution < -0.4 is 23.8 Å². The summed E-state index contributed by atoms with van der Waals surface area (Å²) in [5.74, 6) is -0.108. The molecule has 0 aliphatic rings. The molecule has 1 atom stereocenters. The molecule has 0 aromatic carbocycles. The maximum atomic E-state index is 10.4. The molecular weight excluding hydrogens is 625 g/mol. The normalized spacial score (nSPS) is 12.9. The molecule has 210 valence electrons. The molecule has 0 spiro atoms. The molecule has 0 aliphatic heterocycles. The minimum Gasteiger partial charge on any atom is -0.753 e. The molecule has 0 aromatic heterocycles. The molecular formula is C4H19F5LiO18P5S. The smallest absolute Gasteiger partial charge is 0.753 e. The van der Waals surface area contributed by atoms with Gasteiger partial charge in [0, 0.05) is 0 Å². The van der Waals surface area contributed by atoms with Crippen LogP contribution in [0.1, 0.15) is 19.8 Å². The molecule has 0 saturated carbocycles. The molecule has 0 saturated heterocycles. The standard InChI is InChI=1S/C4H10O3S.5FH2O3P.Li/c1-2-3-4-8(5,6)7;5*1-5(2,3)4;/h2-4H2,1H3,(H,5,6,7);5*(H2,2,3,4);/q;;;;;;+1/p-1. The molecule has 34 heavy (non-hydrogen) atoms. The third kappa shape index (κ3) is 960. The van der Waals surface area contributed by atoms with E-state index in [0.29, 0.717) is 6.42 Å². The molecule has 18 nitrogen and oxygen atoms in total. The molecule has 0 amide bonds. The second kappa shape index (κ2) is 23.1. The first-order chi connectivity index (χ1) is 13.6. The van der Waals surface area contributed by atoms with E-state index < -0.39 is 49.7 Å². The van der Waals surface area contributed by atoms with Gasteiger partial charge in [-0.2, -0.15) is 12.6 Å². The van der Waals surface area contributed by atoms with E-state index in [0.717, 1.165) is 6.42 Å². The van der Waals surface area contributed by atoms with Gasteiger partial charge in [-0.1, -0.05) is 13.3 Å². The summed E-state index contributed by atoms with van der Waals surface area (Å²) in [4.78, 5) is 71.1. The molecule has 0 aromatic rings. The summed E-state index contributed by atoms with van der Waals surface area (Å²) in [6.45, 7) is 1.87. The van der Waals surface area contributed by atoms with Crippen molar-refractivity contribution in [2.45, 2.75) is 19.8 Å². The molecule has 0 rings (SSSR count). The van der Waals surface area contributed by atoms with E-state index in [1.807, 2.05) is 6.92 Å². The van der Waals surface area contributed by atoms with Crippen LogP contribution in [0.3, 0.4) is 0 Å². The van der Waals surface area contributed by atoms with Gasteiger partial charge in [0.15, 0.2) is 0 Å². The monoisotopic (exact) mass is 644 g/mol. The van der Waals surface area contributed by atoms with Crippen molar-refractivity contribution in [2.24, 2.45) is 0 Å². The van der Waals surface area contributed by atoms with Crippen LogP contribution in [-0.2, 0) is 32.9 Å². The first kappa shape index (κ1) is 51.5. The fourth-order valence-electron chi connectivity index (χ4n) is 0.327. The molecule has 0 aliphatic carbocycles. The van der Waals surface area contributed by atoms with E-state index >= 15 is 0 Å². The Morgan fingerprint density at radius 3 is 0.794 bits per heavy atom. The van der Waals surface area contributed by atoms with Gasteiger partial charge in [-0.25, -0.2) is 18.3 Å². The maximum absolute atomic E-state index is 10.4. The Morgan fingerprint density at radius 1 is 0.647 bits per heavy atom. The number of hydrogen-bond donors (Lipinski definition) is 10. The van der Waals surface area contributed by atoms with Gasteiger partial charge in [-0.3, -0.25) is 48.3 Å². The van der Waals surface area contributed by atoms with Gasteiger partial charge in [0.1, 0.15) is 0 Å². The minimum atomic E-state index is -5.39. The summed E-state index contributed by atoms with van der Waals surface area (Å²) in [6.07, 6.45) is 1.33. The first-order valence-electron chi connectivity index (χ1n) is 6.25. The van der Waals surface area contributed by atoms with Crippen LogP contribution in [0.2, 0.25) is 0 Å². The second-order valence-electron chi connectivity index (χ2n) is 3.98. The zero-order valence-electron chi connectivity index (χ0n) is 16.4. The van der Waals surface area contributed by atoms with E-state index in [2.05, 4.69) is 0 Å². The summed E-state index contributed by atoms with van der Waals surface area (Å²) in [6, 6.07) is 0. The van der Waals surface area contributed by atoms with Crippen LogP contribution in [0.5, 0.6) is 0 Å². The van der Waals surface area contributed by atoms with Gasteiger partial charge >= 0.3 is 58.4 Å². The van der Waals surface area contributed by atoms with Crippen molar-refractivity contribution < 1.29 is 125 Å². The summed E-state index contributed by atoms with van der Waals surface area (Å²) < 4.78 is 123. The van der Waals surface area contributed by atoms with Gasteiger partial charge in [-0.05, 0) is 6.42 Å². The third-order valence-corrected chi connectivity index (χ3v) is 1.56. The summed E-state index contributed by atoms with van der Waals surface area (Å²) in [5, 5.41) is 0. The van der Waals surface area contributed by atoms with Crippen molar-refractivity contribution in [1.82, 2.24) is 0 Å². The fourth-order valence-corrected chi connectivity index (χ4v) is 0.980. The minimum absolute atomic E-state index is 0. The number of rotatable bonds is 3. The SMILES string of the molecule is CCCCS(=O)(=O)O.O=P(O)(O)F.O=P(O)(O)F.O=P(O)(O)F.O=P(O)(O)F.O=P([O-])(O)F.[Li+]. The Bertz CT molecular complexity index is 651. The zero-order chi connectivity index (χ0) is 29.1. The van der Waals surface area contributed by atoms with Gasteiger partial charge in [0.05, 0.1) is 5.75 Å². The fraction of sp³-hybridized carbons (Fsp3) is 1.00. The molecule has 0 fully saturated rings. The largest absolute Gasteiger partial charge is 1.00 e. The number of unbranched alkanes of at least 4 members (excludes halogenated alkanes) is 1. The van der Waals surface area contributed by atoms with Gasteiger partial charge < -0.3 is 9.79 Å². The topological polar surface area (TPSA) is 345 Å². The Labute approximate surface area is 199 Å². The van der Waals surface area contributed by atoms with Gasteiger partial charge in [-0.15, -0.1) is 16.8 Å². The Morgan fingerprint density at radius 2 is 0.765 bits per heavy atom. The number of halogens is 5. The Kier molecular flexibility index (Phi) is 34.9. The predicted molar refractivity (Wildman–Crippen MR) is 94.9 cm³/mol. The van der Waals surface area contributed by atoms with Crippen LogP contribution in [0, 0.1) is 0 Å². The van der Waals surface area contributed by atoms with E-state index in [-0.39, 0.29) is 24.6 Å². The van der Waals surface area contributed by atoms with Crippen molar-refractivity contribution in [2.75, 3.05) is 5.75 Å². The van der Waals surface area contributed by atoms with Crippen molar-refractivity contribution >= 4 is 49.7 Å². The van der Waals surface area contributed by atoms with Gasteiger partial charge in [0.2, 0.25) is 0 Å². The van der Waals surface area contributed by atoms with Crippen molar-refractivity contribution in [3.05, 3.63) is 0 Å². The molecule has 10 N–H and O–H groups in total. The van der Waals surface area contributed by atoms with E-state index in [4.69, 9.17) is 76.3 Å². The molecule has 0 radical (unpaired) electrons. The third-order valence-electron chi connectivity index (χ3n) is 0.756. The van der Waals surface area contributed by atoms with Crippen LogP contribution >= 0.6 is 39.5 Å². The quantitative estimate of drug-likeness (QED) is 0.0646. The first-order valence-corrected chi connectivity index (χ1v) is 15.3. The molecule has 0 bridgehead atoms. The van der Waals surface area contributed by atoms with Crippen LogP contribution in [0.15, 0.2) is 0 Å². The van der Waals surface area contributed by atoms with E-state index in [1.54, 1.807) is 0 Å². The second-order valence-corrected chi connectivity index (χ2v) is 10.2. The molecule has 1 unspecified atom stereocenters. The Balaban J connectivity index is -0.0000000518. The summed E-state index contributed by atoms with van der Waals surface area (Å²) in [7, 11) is -29.6. The van der Waals surface area contributed by atoms with E-state index in [1.165, 1.54) is 0 Å². The summed E-state index contributed by atoms with van der Waals surface area (Å²) in [5.41, 5.74) is 0. The molecule has 0 heterocycles. The van der Waals surface area contributed by atoms with E-state index in [9.17, 15) is 29.4 Å². The van der Waals surface area contributed by atoms with Crippen molar-refractivity contribution in [1.29, 1.82) is 0 Å². The zero-order valence-corrected chi connectivity index (χ0v) is 21.7. The van der Waals surface area contributed by atoms with Crippen LogP contribution in [0.25, 0.3) is 0 Å². The van der Waals surface area contributed by atoms with Crippen molar-refractivity contribution in [3.8, 4) is 0 Å². The van der Waals surface area contributed by atoms with Crippen LogP contribution in [0.4, 0.5) is 21.0 Å². The van der Waals surface area contributed by atoms with Crippen LogP contribution in [-0.4, -0.2) is 62.8 Å². The van der Waals surface area contributed by atoms with Gasteiger partial charge in [0.25, 0.3) is 10.1 Å². The maximum Gasteiger partial charge on any atom is 1.00 e. The summed E-state index contributed by atoms with van der Waals surface area (Å²) >= 11 is 0. The number of hydrogen-bond acceptors (Lipinski definition) is 8. The average Bonchev–Trinajstić information content (AvgIpc) is 2.24. The molecule has 30 heteroatoms. The Hall–Kier alpha value is 0.907. The predicted octanol–water partition coefficient (Wildman–Crippen LogP) is -2.71. The average molecular weight is 644 g/mol. The van der Waals surface area contributed by atoms with Crippen molar-refractivity contribution in [3.63, 3.8) is 0 Å².